The SMILES string of the molecule is CC(O)CNc1c(Br)cccc1Br. The van der Waals surface area contributed by atoms with Gasteiger partial charge in [0.1, 0.15) is 0 Å². The van der Waals surface area contributed by atoms with E-state index in [9.17, 15) is 0 Å². The second kappa shape index (κ2) is 4.98. The van der Waals surface area contributed by atoms with Crippen LogP contribution >= 0.6 is 31.9 Å². The quantitative estimate of drug-likeness (QED) is 0.899. The van der Waals surface area contributed by atoms with Gasteiger partial charge in [-0.15, -0.1) is 0 Å². The van der Waals surface area contributed by atoms with Crippen LogP contribution in [0.3, 0.4) is 0 Å². The maximum absolute atomic E-state index is 9.10. The van der Waals surface area contributed by atoms with E-state index in [0.717, 1.165) is 14.6 Å². The Bertz CT molecular complexity index is 269. The molecule has 2 nitrogen and oxygen atoms in total. The highest BCUT2D eigenvalue weighted by atomic mass is 79.9. The molecule has 4 heteroatoms. The van der Waals surface area contributed by atoms with Crippen LogP contribution in [0.15, 0.2) is 27.1 Å². The Morgan fingerprint density at radius 2 is 1.92 bits per heavy atom. The molecule has 0 spiro atoms. The molecule has 0 aliphatic heterocycles. The molecule has 72 valence electrons. The highest BCUT2D eigenvalue weighted by Crippen LogP contribution is 2.30. The van der Waals surface area contributed by atoms with Crippen LogP contribution in [0.2, 0.25) is 0 Å². The number of hydrogen-bond acceptors (Lipinski definition) is 2. The Morgan fingerprint density at radius 3 is 2.38 bits per heavy atom. The lowest BCUT2D eigenvalue weighted by molar-refractivity contribution is 0.208. The van der Waals surface area contributed by atoms with E-state index in [2.05, 4.69) is 37.2 Å². The molecule has 0 heterocycles. The van der Waals surface area contributed by atoms with Gasteiger partial charge in [-0.2, -0.15) is 0 Å². The summed E-state index contributed by atoms with van der Waals surface area (Å²) in [6.07, 6.45) is -0.348. The molecule has 0 saturated carbocycles. The van der Waals surface area contributed by atoms with E-state index >= 15 is 0 Å². The standard InChI is InChI=1S/C9H11Br2NO/c1-6(13)5-12-9-7(10)3-2-4-8(9)11/h2-4,6,12-13H,5H2,1H3. The van der Waals surface area contributed by atoms with Crippen molar-refractivity contribution in [1.29, 1.82) is 0 Å². The molecule has 1 atom stereocenters. The monoisotopic (exact) mass is 307 g/mol. The second-order valence-corrected chi connectivity index (χ2v) is 4.54. The lowest BCUT2D eigenvalue weighted by Crippen LogP contribution is -2.15. The number of anilines is 1. The minimum Gasteiger partial charge on any atom is -0.392 e. The third-order valence-electron chi connectivity index (χ3n) is 1.54. The average Bonchev–Trinajstić information content (AvgIpc) is 2.03. The number of benzene rings is 1. The minimum atomic E-state index is -0.348. The predicted octanol–water partition coefficient (Wildman–Crippen LogP) is 3.00. The van der Waals surface area contributed by atoms with Crippen molar-refractivity contribution in [3.8, 4) is 0 Å². The van der Waals surface area contributed by atoms with E-state index in [-0.39, 0.29) is 6.10 Å². The van der Waals surface area contributed by atoms with Gasteiger partial charge in [-0.05, 0) is 50.9 Å². The first kappa shape index (κ1) is 11.0. The van der Waals surface area contributed by atoms with Crippen molar-refractivity contribution < 1.29 is 5.11 Å². The molecule has 0 fully saturated rings. The van der Waals surface area contributed by atoms with E-state index in [4.69, 9.17) is 5.11 Å². The molecular formula is C9H11Br2NO. The molecule has 1 unspecified atom stereocenters. The van der Waals surface area contributed by atoms with Gasteiger partial charge in [0.25, 0.3) is 0 Å². The topological polar surface area (TPSA) is 32.3 Å². The van der Waals surface area contributed by atoms with Gasteiger partial charge in [0.15, 0.2) is 0 Å². The Kier molecular flexibility index (Phi) is 4.22. The van der Waals surface area contributed by atoms with Gasteiger partial charge in [-0.3, -0.25) is 0 Å². The zero-order chi connectivity index (χ0) is 9.84. The number of hydrogen-bond donors (Lipinski definition) is 2. The van der Waals surface area contributed by atoms with E-state index in [1.54, 1.807) is 6.92 Å². The van der Waals surface area contributed by atoms with Crippen LogP contribution in [0.5, 0.6) is 0 Å². The Morgan fingerprint density at radius 1 is 1.38 bits per heavy atom. The van der Waals surface area contributed by atoms with E-state index in [1.165, 1.54) is 0 Å². The number of aliphatic hydroxyl groups excluding tert-OH is 1. The molecule has 0 aliphatic carbocycles. The smallest absolute Gasteiger partial charge is 0.0684 e. The summed E-state index contributed by atoms with van der Waals surface area (Å²) in [5.74, 6) is 0. The third-order valence-corrected chi connectivity index (χ3v) is 2.86. The molecule has 1 aromatic rings. The van der Waals surface area contributed by atoms with Gasteiger partial charge in [0.2, 0.25) is 0 Å². The van der Waals surface area contributed by atoms with Crippen LogP contribution in [-0.4, -0.2) is 17.8 Å². The first-order valence-corrected chi connectivity index (χ1v) is 5.56. The minimum absolute atomic E-state index is 0.348. The van der Waals surface area contributed by atoms with Crippen molar-refractivity contribution in [3.05, 3.63) is 27.1 Å². The highest BCUT2D eigenvalue weighted by Gasteiger charge is 2.04. The molecule has 0 saturated heterocycles. The summed E-state index contributed by atoms with van der Waals surface area (Å²) in [5.41, 5.74) is 0.975. The molecule has 0 amide bonds. The van der Waals surface area contributed by atoms with Crippen molar-refractivity contribution in [1.82, 2.24) is 0 Å². The van der Waals surface area contributed by atoms with Crippen LogP contribution in [0.4, 0.5) is 5.69 Å². The fourth-order valence-electron chi connectivity index (χ4n) is 0.916. The Labute approximate surface area is 94.6 Å². The van der Waals surface area contributed by atoms with Gasteiger partial charge >= 0.3 is 0 Å². The van der Waals surface area contributed by atoms with Crippen LogP contribution in [-0.2, 0) is 0 Å². The van der Waals surface area contributed by atoms with E-state index in [0.29, 0.717) is 6.54 Å². The number of nitrogens with one attached hydrogen (secondary N) is 1. The van der Waals surface area contributed by atoms with E-state index in [1.807, 2.05) is 18.2 Å². The number of halogens is 2. The highest BCUT2D eigenvalue weighted by molar-refractivity contribution is 9.11. The lowest BCUT2D eigenvalue weighted by atomic mass is 10.3. The zero-order valence-electron chi connectivity index (χ0n) is 7.22. The summed E-state index contributed by atoms with van der Waals surface area (Å²) in [4.78, 5) is 0. The fourth-order valence-corrected chi connectivity index (χ4v) is 2.20. The maximum Gasteiger partial charge on any atom is 0.0684 e. The number of aliphatic hydroxyl groups is 1. The molecular weight excluding hydrogens is 298 g/mol. The fraction of sp³-hybridized carbons (Fsp3) is 0.333. The van der Waals surface area contributed by atoms with Crippen LogP contribution in [0.25, 0.3) is 0 Å². The molecule has 0 aliphatic rings. The Balaban J connectivity index is 2.75. The van der Waals surface area contributed by atoms with E-state index < -0.39 is 0 Å². The molecule has 1 aromatic carbocycles. The lowest BCUT2D eigenvalue weighted by Gasteiger charge is -2.11. The average molecular weight is 309 g/mol. The van der Waals surface area contributed by atoms with Gasteiger partial charge < -0.3 is 10.4 Å². The summed E-state index contributed by atoms with van der Waals surface area (Å²) >= 11 is 6.85. The molecule has 2 N–H and O–H groups in total. The summed E-state index contributed by atoms with van der Waals surface area (Å²) in [7, 11) is 0. The van der Waals surface area contributed by atoms with Gasteiger partial charge in [-0.1, -0.05) is 6.07 Å². The van der Waals surface area contributed by atoms with Gasteiger partial charge in [0.05, 0.1) is 11.8 Å². The molecule has 0 aromatic heterocycles. The second-order valence-electron chi connectivity index (χ2n) is 2.83. The van der Waals surface area contributed by atoms with Crippen molar-refractivity contribution in [2.24, 2.45) is 0 Å². The maximum atomic E-state index is 9.10. The van der Waals surface area contributed by atoms with Crippen molar-refractivity contribution in [3.63, 3.8) is 0 Å². The zero-order valence-corrected chi connectivity index (χ0v) is 10.4. The normalized spacial score (nSPS) is 12.6. The van der Waals surface area contributed by atoms with Crippen molar-refractivity contribution in [2.75, 3.05) is 11.9 Å². The number of para-hydroxylation sites is 1. The molecule has 13 heavy (non-hydrogen) atoms. The van der Waals surface area contributed by atoms with Crippen LogP contribution in [0.1, 0.15) is 6.92 Å². The first-order valence-electron chi connectivity index (χ1n) is 3.97. The third kappa shape index (κ3) is 3.29. The van der Waals surface area contributed by atoms with Gasteiger partial charge in [0, 0.05) is 15.5 Å². The largest absolute Gasteiger partial charge is 0.392 e. The van der Waals surface area contributed by atoms with Crippen molar-refractivity contribution in [2.45, 2.75) is 13.0 Å². The molecule has 1 rings (SSSR count). The predicted molar refractivity (Wildman–Crippen MR) is 62.0 cm³/mol. The summed E-state index contributed by atoms with van der Waals surface area (Å²) in [5, 5.41) is 12.2. The van der Waals surface area contributed by atoms with Crippen LogP contribution in [0, 0.1) is 0 Å². The first-order chi connectivity index (χ1) is 6.11. The Hall–Kier alpha value is -0.0600. The number of rotatable bonds is 3. The van der Waals surface area contributed by atoms with Crippen LogP contribution < -0.4 is 5.32 Å². The molecule has 0 radical (unpaired) electrons. The van der Waals surface area contributed by atoms with Gasteiger partial charge in [-0.25, -0.2) is 0 Å². The van der Waals surface area contributed by atoms with Crippen molar-refractivity contribution >= 4 is 37.5 Å². The summed E-state index contributed by atoms with van der Waals surface area (Å²) in [6.45, 7) is 2.29. The summed E-state index contributed by atoms with van der Waals surface area (Å²) in [6, 6.07) is 5.85. The molecule has 0 bridgehead atoms. The summed E-state index contributed by atoms with van der Waals surface area (Å²) < 4.78 is 1.98.